The Morgan fingerprint density at radius 1 is 0.926 bits per heavy atom. The SMILES string of the molecule is CC(C)CCCOC(=O)C1CCCCC1C(=O)OCCCc1ccccc1. The Labute approximate surface area is 163 Å². The molecule has 2 unspecified atom stereocenters. The number of ether oxygens (including phenoxy) is 2. The third kappa shape index (κ3) is 7.74. The molecular weight excluding hydrogens is 340 g/mol. The van der Waals surface area contributed by atoms with Crippen LogP contribution in [-0.2, 0) is 25.5 Å². The summed E-state index contributed by atoms with van der Waals surface area (Å²) < 4.78 is 10.9. The number of carbonyl (C=O) groups excluding carboxylic acids is 2. The third-order valence-electron chi connectivity index (χ3n) is 5.24. The van der Waals surface area contributed by atoms with Gasteiger partial charge >= 0.3 is 11.9 Å². The van der Waals surface area contributed by atoms with Gasteiger partial charge in [-0.15, -0.1) is 0 Å². The van der Waals surface area contributed by atoms with Crippen LogP contribution in [0.4, 0.5) is 0 Å². The summed E-state index contributed by atoms with van der Waals surface area (Å²) in [5, 5.41) is 0. The van der Waals surface area contributed by atoms with Crippen LogP contribution in [0, 0.1) is 17.8 Å². The highest BCUT2D eigenvalue weighted by atomic mass is 16.5. The third-order valence-corrected chi connectivity index (χ3v) is 5.24. The first kappa shape index (κ1) is 21.5. The van der Waals surface area contributed by atoms with Gasteiger partial charge in [-0.3, -0.25) is 9.59 Å². The quantitative estimate of drug-likeness (QED) is 0.429. The van der Waals surface area contributed by atoms with Crippen LogP contribution in [0.5, 0.6) is 0 Å². The van der Waals surface area contributed by atoms with Gasteiger partial charge in [0.15, 0.2) is 0 Å². The van der Waals surface area contributed by atoms with Gasteiger partial charge in [0.2, 0.25) is 0 Å². The lowest BCUT2D eigenvalue weighted by atomic mass is 9.79. The van der Waals surface area contributed by atoms with Gasteiger partial charge in [0.1, 0.15) is 0 Å². The first-order valence-electron chi connectivity index (χ1n) is 10.4. The maximum absolute atomic E-state index is 12.5. The fourth-order valence-electron chi connectivity index (χ4n) is 3.67. The molecule has 1 aromatic carbocycles. The lowest BCUT2D eigenvalue weighted by molar-refractivity contribution is -0.163. The summed E-state index contributed by atoms with van der Waals surface area (Å²) in [7, 11) is 0. The van der Waals surface area contributed by atoms with E-state index in [1.54, 1.807) is 0 Å². The molecule has 2 atom stereocenters. The highest BCUT2D eigenvalue weighted by Crippen LogP contribution is 2.32. The molecule has 4 nitrogen and oxygen atoms in total. The molecule has 1 aliphatic carbocycles. The summed E-state index contributed by atoms with van der Waals surface area (Å²) >= 11 is 0. The van der Waals surface area contributed by atoms with E-state index >= 15 is 0 Å². The van der Waals surface area contributed by atoms with E-state index in [1.165, 1.54) is 5.56 Å². The minimum absolute atomic E-state index is 0.218. The number of carbonyl (C=O) groups is 2. The van der Waals surface area contributed by atoms with Crippen LogP contribution in [-0.4, -0.2) is 25.2 Å². The molecule has 1 aromatic rings. The second-order valence-electron chi connectivity index (χ2n) is 7.96. The largest absolute Gasteiger partial charge is 0.465 e. The van der Waals surface area contributed by atoms with Gasteiger partial charge in [-0.25, -0.2) is 0 Å². The maximum atomic E-state index is 12.5. The van der Waals surface area contributed by atoms with Crippen molar-refractivity contribution in [3.63, 3.8) is 0 Å². The molecule has 150 valence electrons. The van der Waals surface area contributed by atoms with Gasteiger partial charge < -0.3 is 9.47 Å². The van der Waals surface area contributed by atoms with E-state index in [0.29, 0.717) is 19.1 Å². The molecule has 2 rings (SSSR count). The minimum atomic E-state index is -0.340. The van der Waals surface area contributed by atoms with Crippen molar-refractivity contribution >= 4 is 11.9 Å². The van der Waals surface area contributed by atoms with E-state index in [2.05, 4.69) is 26.0 Å². The van der Waals surface area contributed by atoms with E-state index < -0.39 is 0 Å². The van der Waals surface area contributed by atoms with Crippen LogP contribution in [0.25, 0.3) is 0 Å². The second-order valence-corrected chi connectivity index (χ2v) is 7.96. The lowest BCUT2D eigenvalue weighted by Gasteiger charge is -2.28. The monoisotopic (exact) mass is 374 g/mol. The molecule has 0 aromatic heterocycles. The van der Waals surface area contributed by atoms with Crippen molar-refractivity contribution in [2.75, 3.05) is 13.2 Å². The molecule has 0 N–H and O–H groups in total. The average molecular weight is 375 g/mol. The van der Waals surface area contributed by atoms with Crippen LogP contribution in [0.1, 0.15) is 64.4 Å². The van der Waals surface area contributed by atoms with Crippen molar-refractivity contribution in [3.8, 4) is 0 Å². The molecule has 0 bridgehead atoms. The molecule has 0 amide bonds. The molecule has 0 saturated heterocycles. The van der Waals surface area contributed by atoms with E-state index in [4.69, 9.17) is 9.47 Å². The van der Waals surface area contributed by atoms with Crippen LogP contribution in [0.2, 0.25) is 0 Å². The summed E-state index contributed by atoms with van der Waals surface area (Å²) in [4.78, 5) is 25.0. The number of hydrogen-bond acceptors (Lipinski definition) is 4. The molecular formula is C23H34O4. The fourth-order valence-corrected chi connectivity index (χ4v) is 3.67. The predicted octanol–water partition coefficient (Wildman–Crippen LogP) is 4.95. The fraction of sp³-hybridized carbons (Fsp3) is 0.652. The van der Waals surface area contributed by atoms with Crippen molar-refractivity contribution in [1.82, 2.24) is 0 Å². The number of hydrogen-bond donors (Lipinski definition) is 0. The van der Waals surface area contributed by atoms with E-state index in [9.17, 15) is 9.59 Å². The molecule has 0 radical (unpaired) electrons. The normalized spacial score (nSPS) is 19.7. The van der Waals surface area contributed by atoms with E-state index in [-0.39, 0.29) is 23.8 Å². The van der Waals surface area contributed by atoms with Gasteiger partial charge in [-0.1, -0.05) is 57.0 Å². The number of esters is 2. The zero-order valence-electron chi connectivity index (χ0n) is 16.8. The summed E-state index contributed by atoms with van der Waals surface area (Å²) in [5.74, 6) is -0.513. The smallest absolute Gasteiger partial charge is 0.309 e. The lowest BCUT2D eigenvalue weighted by Crippen LogP contribution is -2.35. The van der Waals surface area contributed by atoms with Crippen molar-refractivity contribution < 1.29 is 19.1 Å². The summed E-state index contributed by atoms with van der Waals surface area (Å²) in [6.07, 6.45) is 7.02. The first-order chi connectivity index (χ1) is 13.1. The summed E-state index contributed by atoms with van der Waals surface area (Å²) in [5.41, 5.74) is 1.24. The topological polar surface area (TPSA) is 52.6 Å². The second kappa shape index (κ2) is 11.8. The summed E-state index contributed by atoms with van der Waals surface area (Å²) in [6, 6.07) is 10.2. The van der Waals surface area contributed by atoms with Crippen molar-refractivity contribution in [3.05, 3.63) is 35.9 Å². The molecule has 1 aliphatic rings. The number of rotatable bonds is 10. The Morgan fingerprint density at radius 3 is 2.04 bits per heavy atom. The van der Waals surface area contributed by atoms with E-state index in [0.717, 1.165) is 51.4 Å². The minimum Gasteiger partial charge on any atom is -0.465 e. The Hall–Kier alpha value is -1.84. The van der Waals surface area contributed by atoms with Gasteiger partial charge in [0.05, 0.1) is 25.0 Å². The van der Waals surface area contributed by atoms with Crippen molar-refractivity contribution in [2.24, 2.45) is 17.8 Å². The molecule has 1 fully saturated rings. The molecule has 4 heteroatoms. The van der Waals surface area contributed by atoms with Crippen LogP contribution in [0.3, 0.4) is 0 Å². The molecule has 0 aliphatic heterocycles. The van der Waals surface area contributed by atoms with Gasteiger partial charge in [-0.05, 0) is 50.0 Å². The van der Waals surface area contributed by atoms with Crippen LogP contribution < -0.4 is 0 Å². The van der Waals surface area contributed by atoms with Crippen molar-refractivity contribution in [1.29, 1.82) is 0 Å². The van der Waals surface area contributed by atoms with Crippen LogP contribution >= 0.6 is 0 Å². The van der Waals surface area contributed by atoms with Gasteiger partial charge in [0, 0.05) is 0 Å². The van der Waals surface area contributed by atoms with Gasteiger partial charge in [-0.2, -0.15) is 0 Å². The van der Waals surface area contributed by atoms with E-state index in [1.807, 2.05) is 18.2 Å². The van der Waals surface area contributed by atoms with Crippen LogP contribution in [0.15, 0.2) is 30.3 Å². The van der Waals surface area contributed by atoms with Crippen molar-refractivity contribution in [2.45, 2.75) is 65.2 Å². The molecule has 0 spiro atoms. The highest BCUT2D eigenvalue weighted by molar-refractivity contribution is 5.82. The molecule has 0 heterocycles. The summed E-state index contributed by atoms with van der Waals surface area (Å²) in [6.45, 7) is 5.17. The Bertz CT molecular complexity index is 567. The Morgan fingerprint density at radius 2 is 1.48 bits per heavy atom. The molecule has 1 saturated carbocycles. The first-order valence-corrected chi connectivity index (χ1v) is 10.4. The predicted molar refractivity (Wildman–Crippen MR) is 106 cm³/mol. The average Bonchev–Trinajstić information content (AvgIpc) is 2.69. The Balaban J connectivity index is 1.73. The number of aryl methyl sites for hydroxylation is 1. The zero-order chi connectivity index (χ0) is 19.5. The zero-order valence-corrected chi connectivity index (χ0v) is 16.8. The maximum Gasteiger partial charge on any atom is 0.309 e. The standard InChI is InChI=1S/C23H34O4/c1-18(2)10-8-16-26-22(24)20-14-6-7-15-21(20)23(25)27-17-9-13-19-11-4-3-5-12-19/h3-5,11-12,18,20-21H,6-10,13-17H2,1-2H3. The Kier molecular flexibility index (Phi) is 9.37. The highest BCUT2D eigenvalue weighted by Gasteiger charge is 2.37. The molecule has 27 heavy (non-hydrogen) atoms. The van der Waals surface area contributed by atoms with Gasteiger partial charge in [0.25, 0.3) is 0 Å². The number of benzene rings is 1.